The molecule has 0 saturated carbocycles. The Morgan fingerprint density at radius 3 is 3.00 bits per heavy atom. The second kappa shape index (κ2) is 3.01. The molecule has 0 fully saturated rings. The van der Waals surface area contributed by atoms with Crippen molar-refractivity contribution in [2.24, 2.45) is 0 Å². The van der Waals surface area contributed by atoms with Gasteiger partial charge in [-0.25, -0.2) is 4.57 Å². The molecular formula is C4H5O3PS. The van der Waals surface area contributed by atoms with E-state index >= 15 is 0 Å². The van der Waals surface area contributed by atoms with Crippen LogP contribution in [0.2, 0.25) is 0 Å². The Kier molecular flexibility index (Phi) is 2.28. The molecule has 1 aromatic heterocycles. The Morgan fingerprint density at radius 2 is 2.56 bits per heavy atom. The molecule has 0 saturated heterocycles. The highest BCUT2D eigenvalue weighted by Gasteiger charge is 1.94. The largest absolute Gasteiger partial charge is 0.416 e. The van der Waals surface area contributed by atoms with E-state index in [0.717, 1.165) is 0 Å². The predicted molar refractivity (Wildman–Crippen MR) is 36.2 cm³/mol. The molecule has 1 unspecified atom stereocenters. The van der Waals surface area contributed by atoms with Gasteiger partial charge in [0.2, 0.25) is 0 Å². The summed E-state index contributed by atoms with van der Waals surface area (Å²) in [6.07, 6.45) is 0. The molecule has 0 aliphatic carbocycles. The molecule has 3 nitrogen and oxygen atoms in total. The molecule has 5 heteroatoms. The van der Waals surface area contributed by atoms with Crippen LogP contribution in [-0.2, 0) is 4.57 Å². The zero-order chi connectivity index (χ0) is 6.69. The van der Waals surface area contributed by atoms with Gasteiger partial charge in [-0.15, -0.1) is 11.3 Å². The van der Waals surface area contributed by atoms with Crippen molar-refractivity contribution in [2.45, 2.75) is 0 Å². The average Bonchev–Trinajstić information content (AvgIpc) is 2.15. The summed E-state index contributed by atoms with van der Waals surface area (Å²) in [6, 6.07) is 3.40. The standard InChI is InChI=1S/C4H5O3PS/c5-8(6)7-4-2-1-3-9-4/h1-3,8H,(H,5,6). The molecule has 0 spiro atoms. The summed E-state index contributed by atoms with van der Waals surface area (Å²) in [5, 5.41) is 2.27. The fourth-order valence-electron chi connectivity index (χ4n) is 0.408. The summed E-state index contributed by atoms with van der Waals surface area (Å²) in [4.78, 5) is 8.25. The minimum Gasteiger partial charge on any atom is -0.416 e. The van der Waals surface area contributed by atoms with Crippen LogP contribution in [0.15, 0.2) is 17.5 Å². The second-order valence-corrected chi connectivity index (χ2v) is 2.95. The van der Waals surface area contributed by atoms with E-state index in [0.29, 0.717) is 5.06 Å². The molecule has 1 heterocycles. The first-order valence-corrected chi connectivity index (χ1v) is 4.37. The van der Waals surface area contributed by atoms with E-state index in [4.69, 9.17) is 4.89 Å². The lowest BCUT2D eigenvalue weighted by Crippen LogP contribution is -1.71. The van der Waals surface area contributed by atoms with Crippen LogP contribution < -0.4 is 4.52 Å². The maximum Gasteiger partial charge on any atom is 0.365 e. The lowest BCUT2D eigenvalue weighted by Gasteiger charge is -1.92. The van der Waals surface area contributed by atoms with Crippen molar-refractivity contribution in [1.29, 1.82) is 0 Å². The fourth-order valence-corrected chi connectivity index (χ4v) is 1.50. The zero-order valence-corrected chi connectivity index (χ0v) is 6.22. The van der Waals surface area contributed by atoms with Gasteiger partial charge in [0, 0.05) is 0 Å². The smallest absolute Gasteiger partial charge is 0.365 e. The van der Waals surface area contributed by atoms with Crippen LogP contribution in [0.4, 0.5) is 0 Å². The van der Waals surface area contributed by atoms with Crippen LogP contribution in [0.1, 0.15) is 0 Å². The molecule has 0 aliphatic rings. The monoisotopic (exact) mass is 164 g/mol. The molecule has 1 N–H and O–H groups in total. The van der Waals surface area contributed by atoms with Crippen molar-refractivity contribution in [3.05, 3.63) is 17.5 Å². The SMILES string of the molecule is O=[PH](O)Oc1cccs1. The van der Waals surface area contributed by atoms with E-state index < -0.39 is 8.25 Å². The molecule has 50 valence electrons. The van der Waals surface area contributed by atoms with Crippen LogP contribution in [0.5, 0.6) is 5.06 Å². The van der Waals surface area contributed by atoms with Gasteiger partial charge in [0.25, 0.3) is 0 Å². The van der Waals surface area contributed by atoms with Crippen molar-refractivity contribution in [3.63, 3.8) is 0 Å². The first-order valence-electron chi connectivity index (χ1n) is 2.23. The summed E-state index contributed by atoms with van der Waals surface area (Å²) < 4.78 is 14.5. The first kappa shape index (κ1) is 6.81. The van der Waals surface area contributed by atoms with Gasteiger partial charge in [0.1, 0.15) is 0 Å². The second-order valence-electron chi connectivity index (χ2n) is 1.30. The lowest BCUT2D eigenvalue weighted by atomic mass is 10.7. The molecule has 0 aliphatic heterocycles. The maximum absolute atomic E-state index is 10.0. The van der Waals surface area contributed by atoms with Crippen molar-refractivity contribution >= 4 is 19.6 Å². The number of hydrogen-bond donors (Lipinski definition) is 1. The summed E-state index contributed by atoms with van der Waals surface area (Å²) in [6.45, 7) is 0. The van der Waals surface area contributed by atoms with Crippen LogP contribution in [0.25, 0.3) is 0 Å². The van der Waals surface area contributed by atoms with Crippen LogP contribution in [0.3, 0.4) is 0 Å². The van der Waals surface area contributed by atoms with Crippen LogP contribution in [-0.4, -0.2) is 4.89 Å². The highest BCUT2D eigenvalue weighted by atomic mass is 32.1. The fraction of sp³-hybridized carbons (Fsp3) is 0. The number of hydrogen-bond acceptors (Lipinski definition) is 3. The van der Waals surface area contributed by atoms with Crippen molar-refractivity contribution in [2.75, 3.05) is 0 Å². The van der Waals surface area contributed by atoms with Gasteiger partial charge >= 0.3 is 8.25 Å². The van der Waals surface area contributed by atoms with Crippen molar-refractivity contribution in [1.82, 2.24) is 0 Å². The molecular weight excluding hydrogens is 159 g/mol. The minimum absolute atomic E-state index is 0.487. The van der Waals surface area contributed by atoms with Gasteiger partial charge in [-0.3, -0.25) is 0 Å². The molecule has 0 radical (unpaired) electrons. The van der Waals surface area contributed by atoms with E-state index in [1.807, 2.05) is 0 Å². The average molecular weight is 164 g/mol. The summed E-state index contributed by atoms with van der Waals surface area (Å²) in [5.41, 5.74) is 0. The Balaban J connectivity index is 2.58. The van der Waals surface area contributed by atoms with Crippen LogP contribution >= 0.6 is 19.6 Å². The lowest BCUT2D eigenvalue weighted by molar-refractivity contribution is 0.415. The van der Waals surface area contributed by atoms with E-state index in [-0.39, 0.29) is 0 Å². The van der Waals surface area contributed by atoms with Gasteiger partial charge in [0.15, 0.2) is 5.06 Å². The molecule has 0 amide bonds. The highest BCUT2D eigenvalue weighted by Crippen LogP contribution is 2.26. The Hall–Kier alpha value is -0.310. The van der Waals surface area contributed by atoms with Gasteiger partial charge < -0.3 is 9.42 Å². The Bertz CT molecular complexity index is 196. The van der Waals surface area contributed by atoms with Gasteiger partial charge in [-0.05, 0) is 17.5 Å². The number of rotatable bonds is 2. The summed E-state index contributed by atoms with van der Waals surface area (Å²) >= 11 is 1.29. The summed E-state index contributed by atoms with van der Waals surface area (Å²) in [7, 11) is -2.80. The zero-order valence-electron chi connectivity index (χ0n) is 4.40. The van der Waals surface area contributed by atoms with Crippen molar-refractivity contribution < 1.29 is 14.0 Å². The van der Waals surface area contributed by atoms with E-state index in [2.05, 4.69) is 4.52 Å². The molecule has 0 bridgehead atoms. The molecule has 1 atom stereocenters. The van der Waals surface area contributed by atoms with Gasteiger partial charge in [0.05, 0.1) is 0 Å². The molecule has 1 aromatic rings. The van der Waals surface area contributed by atoms with Crippen molar-refractivity contribution in [3.8, 4) is 5.06 Å². The molecule has 9 heavy (non-hydrogen) atoms. The third kappa shape index (κ3) is 2.18. The van der Waals surface area contributed by atoms with E-state index in [9.17, 15) is 4.57 Å². The summed E-state index contributed by atoms with van der Waals surface area (Å²) in [5.74, 6) is 0. The highest BCUT2D eigenvalue weighted by molar-refractivity contribution is 7.33. The number of thiophene rings is 1. The first-order chi connectivity index (χ1) is 4.29. The predicted octanol–water partition coefficient (Wildman–Crippen LogP) is 1.51. The van der Waals surface area contributed by atoms with Crippen LogP contribution in [0, 0.1) is 0 Å². The normalized spacial score (nSPS) is 13.0. The Morgan fingerprint density at radius 1 is 1.78 bits per heavy atom. The Labute approximate surface area is 56.9 Å². The third-order valence-electron chi connectivity index (χ3n) is 0.683. The third-order valence-corrected chi connectivity index (χ3v) is 1.97. The topological polar surface area (TPSA) is 46.5 Å². The van der Waals surface area contributed by atoms with E-state index in [1.165, 1.54) is 11.3 Å². The van der Waals surface area contributed by atoms with E-state index in [1.54, 1.807) is 17.5 Å². The van der Waals surface area contributed by atoms with Gasteiger partial charge in [-0.1, -0.05) is 0 Å². The maximum atomic E-state index is 10.0. The molecule has 1 rings (SSSR count). The van der Waals surface area contributed by atoms with Gasteiger partial charge in [-0.2, -0.15) is 0 Å². The quantitative estimate of drug-likeness (QED) is 0.674. The molecule has 0 aromatic carbocycles. The minimum atomic E-state index is -2.80.